The molecule has 130 valence electrons. The molecule has 8 heteroatoms. The number of amides is 1. The Morgan fingerprint density at radius 2 is 2.04 bits per heavy atom. The number of anilines is 1. The van der Waals surface area contributed by atoms with E-state index in [1.54, 1.807) is 0 Å². The number of thiazole rings is 1. The smallest absolute Gasteiger partial charge is 0.239 e. The van der Waals surface area contributed by atoms with Gasteiger partial charge < -0.3 is 9.88 Å². The molecule has 1 aromatic carbocycles. The SMILES string of the molecule is Cc1csc(NC(=O)C(C)Sc2nnc(-c3ccccc3C)n2C)n1. The molecule has 0 bridgehead atoms. The van der Waals surface area contributed by atoms with Crippen molar-refractivity contribution in [2.75, 3.05) is 5.32 Å². The number of aryl methyl sites for hydroxylation is 2. The van der Waals surface area contributed by atoms with E-state index in [-0.39, 0.29) is 11.2 Å². The summed E-state index contributed by atoms with van der Waals surface area (Å²) in [5, 5.41) is 14.3. The Morgan fingerprint density at radius 3 is 2.72 bits per heavy atom. The van der Waals surface area contributed by atoms with E-state index >= 15 is 0 Å². The minimum Gasteiger partial charge on any atom is -0.305 e. The Bertz CT molecular complexity index is 902. The number of aromatic nitrogens is 4. The number of hydrogen-bond acceptors (Lipinski definition) is 6. The summed E-state index contributed by atoms with van der Waals surface area (Å²) < 4.78 is 1.92. The van der Waals surface area contributed by atoms with Gasteiger partial charge in [-0.15, -0.1) is 21.5 Å². The summed E-state index contributed by atoms with van der Waals surface area (Å²) in [6.07, 6.45) is 0. The highest BCUT2D eigenvalue weighted by Crippen LogP contribution is 2.28. The van der Waals surface area contributed by atoms with Gasteiger partial charge in [0.25, 0.3) is 0 Å². The molecule has 1 atom stereocenters. The fourth-order valence-electron chi connectivity index (χ4n) is 2.31. The number of benzene rings is 1. The zero-order chi connectivity index (χ0) is 18.0. The molecule has 0 aliphatic heterocycles. The van der Waals surface area contributed by atoms with Crippen molar-refractivity contribution >= 4 is 34.1 Å². The van der Waals surface area contributed by atoms with Gasteiger partial charge in [0.1, 0.15) is 0 Å². The van der Waals surface area contributed by atoms with Gasteiger partial charge >= 0.3 is 0 Å². The molecule has 2 aromatic heterocycles. The second-order valence-electron chi connectivity index (χ2n) is 5.72. The van der Waals surface area contributed by atoms with Crippen LogP contribution in [0.15, 0.2) is 34.8 Å². The lowest BCUT2D eigenvalue weighted by atomic mass is 10.1. The molecule has 1 unspecified atom stereocenters. The Kier molecular flexibility index (Phi) is 5.19. The predicted octanol–water partition coefficient (Wildman–Crippen LogP) is 3.67. The first-order valence-electron chi connectivity index (χ1n) is 7.80. The van der Waals surface area contributed by atoms with Crippen LogP contribution in [0.3, 0.4) is 0 Å². The maximum atomic E-state index is 12.3. The largest absolute Gasteiger partial charge is 0.305 e. The minimum absolute atomic E-state index is 0.0974. The number of carbonyl (C=O) groups is 1. The van der Waals surface area contributed by atoms with Gasteiger partial charge in [-0.25, -0.2) is 4.98 Å². The van der Waals surface area contributed by atoms with Crippen LogP contribution in [0.2, 0.25) is 0 Å². The second-order valence-corrected chi connectivity index (χ2v) is 7.89. The standard InChI is InChI=1S/C17H19N5OS2/c1-10-7-5-6-8-13(10)14-20-21-17(22(14)4)25-12(3)15(23)19-16-18-11(2)9-24-16/h5-9,12H,1-4H3,(H,18,19,23). The molecule has 0 radical (unpaired) electrons. The molecular formula is C17H19N5OS2. The van der Waals surface area contributed by atoms with Crippen LogP contribution in [0.4, 0.5) is 5.13 Å². The lowest BCUT2D eigenvalue weighted by Gasteiger charge is -2.10. The Balaban J connectivity index is 1.73. The predicted molar refractivity (Wildman–Crippen MR) is 102 cm³/mol. The van der Waals surface area contributed by atoms with Gasteiger partial charge in [-0.3, -0.25) is 4.79 Å². The molecule has 0 aliphatic rings. The fraction of sp³-hybridized carbons (Fsp3) is 0.294. The van der Waals surface area contributed by atoms with Crippen molar-refractivity contribution in [1.29, 1.82) is 0 Å². The molecule has 2 heterocycles. The monoisotopic (exact) mass is 373 g/mol. The van der Waals surface area contributed by atoms with E-state index in [0.717, 1.165) is 22.6 Å². The summed E-state index contributed by atoms with van der Waals surface area (Å²) in [4.78, 5) is 16.6. The topological polar surface area (TPSA) is 72.7 Å². The molecule has 0 aliphatic carbocycles. The van der Waals surface area contributed by atoms with Crippen LogP contribution in [-0.2, 0) is 11.8 Å². The maximum Gasteiger partial charge on any atom is 0.239 e. The van der Waals surface area contributed by atoms with Crippen molar-refractivity contribution in [2.45, 2.75) is 31.2 Å². The zero-order valence-corrected chi connectivity index (χ0v) is 16.1. The molecule has 25 heavy (non-hydrogen) atoms. The molecule has 0 saturated heterocycles. The number of carbonyl (C=O) groups excluding carboxylic acids is 1. The molecule has 0 spiro atoms. The van der Waals surface area contributed by atoms with Crippen molar-refractivity contribution in [1.82, 2.24) is 19.7 Å². The first-order valence-corrected chi connectivity index (χ1v) is 9.56. The lowest BCUT2D eigenvalue weighted by molar-refractivity contribution is -0.115. The zero-order valence-electron chi connectivity index (χ0n) is 14.5. The van der Waals surface area contributed by atoms with E-state index in [0.29, 0.717) is 10.3 Å². The molecular weight excluding hydrogens is 354 g/mol. The Labute approximate surface area is 154 Å². The highest BCUT2D eigenvalue weighted by atomic mass is 32.2. The number of thioether (sulfide) groups is 1. The summed E-state index contributed by atoms with van der Waals surface area (Å²) in [5.41, 5.74) is 3.08. The summed E-state index contributed by atoms with van der Waals surface area (Å²) in [6.45, 7) is 5.79. The Hall–Kier alpha value is -2.19. The van der Waals surface area contributed by atoms with Gasteiger partial charge in [0.15, 0.2) is 16.1 Å². The molecule has 0 saturated carbocycles. The summed E-state index contributed by atoms with van der Waals surface area (Å²) >= 11 is 2.80. The van der Waals surface area contributed by atoms with E-state index in [4.69, 9.17) is 0 Å². The van der Waals surface area contributed by atoms with Crippen LogP contribution in [-0.4, -0.2) is 30.9 Å². The number of nitrogens with zero attached hydrogens (tertiary/aromatic N) is 4. The third kappa shape index (κ3) is 3.91. The molecule has 1 N–H and O–H groups in total. The van der Waals surface area contributed by atoms with E-state index in [2.05, 4.69) is 20.5 Å². The van der Waals surface area contributed by atoms with Crippen LogP contribution >= 0.6 is 23.1 Å². The number of nitrogens with one attached hydrogen (secondary N) is 1. The number of hydrogen-bond donors (Lipinski definition) is 1. The quantitative estimate of drug-likeness (QED) is 0.691. The van der Waals surface area contributed by atoms with Gasteiger partial charge in [0, 0.05) is 18.0 Å². The van der Waals surface area contributed by atoms with Crippen LogP contribution in [0.5, 0.6) is 0 Å². The van der Waals surface area contributed by atoms with E-state index < -0.39 is 0 Å². The molecule has 6 nitrogen and oxygen atoms in total. The van der Waals surface area contributed by atoms with E-state index in [1.165, 1.54) is 23.1 Å². The highest BCUT2D eigenvalue weighted by molar-refractivity contribution is 8.00. The van der Waals surface area contributed by atoms with E-state index in [9.17, 15) is 4.79 Å². The molecule has 1 amide bonds. The molecule has 0 fully saturated rings. The molecule has 3 aromatic rings. The highest BCUT2D eigenvalue weighted by Gasteiger charge is 2.20. The van der Waals surface area contributed by atoms with Gasteiger partial charge in [-0.05, 0) is 26.3 Å². The average molecular weight is 374 g/mol. The van der Waals surface area contributed by atoms with Crippen LogP contribution in [0.25, 0.3) is 11.4 Å². The van der Waals surface area contributed by atoms with Crippen LogP contribution in [0, 0.1) is 13.8 Å². The molecule has 3 rings (SSSR count). The normalized spacial score (nSPS) is 12.2. The third-order valence-corrected chi connectivity index (χ3v) is 5.73. The van der Waals surface area contributed by atoms with Crippen molar-refractivity contribution in [3.8, 4) is 11.4 Å². The van der Waals surface area contributed by atoms with Crippen LogP contribution in [0.1, 0.15) is 18.2 Å². The van der Waals surface area contributed by atoms with Crippen molar-refractivity contribution in [2.24, 2.45) is 7.05 Å². The van der Waals surface area contributed by atoms with Crippen molar-refractivity contribution in [3.05, 3.63) is 40.9 Å². The first kappa shape index (κ1) is 17.6. The average Bonchev–Trinajstić information content (AvgIpc) is 3.14. The fourth-order valence-corrected chi connectivity index (χ4v) is 3.81. The number of rotatable bonds is 5. The lowest BCUT2D eigenvalue weighted by Crippen LogP contribution is -2.22. The minimum atomic E-state index is -0.308. The van der Waals surface area contributed by atoms with Crippen molar-refractivity contribution in [3.63, 3.8) is 0 Å². The summed E-state index contributed by atoms with van der Waals surface area (Å²) in [7, 11) is 1.92. The van der Waals surface area contributed by atoms with Crippen molar-refractivity contribution < 1.29 is 4.79 Å². The van der Waals surface area contributed by atoms with Crippen LogP contribution < -0.4 is 5.32 Å². The first-order chi connectivity index (χ1) is 12.0. The Morgan fingerprint density at radius 1 is 1.28 bits per heavy atom. The van der Waals surface area contributed by atoms with Gasteiger partial charge in [0.2, 0.25) is 5.91 Å². The summed E-state index contributed by atoms with van der Waals surface area (Å²) in [5.74, 6) is 0.698. The maximum absolute atomic E-state index is 12.3. The third-order valence-electron chi connectivity index (χ3n) is 3.72. The summed E-state index contributed by atoms with van der Waals surface area (Å²) in [6, 6.07) is 8.05. The van der Waals surface area contributed by atoms with E-state index in [1.807, 2.05) is 62.0 Å². The second kappa shape index (κ2) is 7.37. The van der Waals surface area contributed by atoms with Gasteiger partial charge in [-0.2, -0.15) is 0 Å². The van der Waals surface area contributed by atoms with Gasteiger partial charge in [-0.1, -0.05) is 36.0 Å². The van der Waals surface area contributed by atoms with Gasteiger partial charge in [0.05, 0.1) is 10.9 Å².